The largest absolute Gasteiger partial charge is 1.00 e. The van der Waals surface area contributed by atoms with E-state index >= 15 is 0 Å². The average Bonchev–Trinajstić information content (AvgIpc) is 2.04. The van der Waals surface area contributed by atoms with Gasteiger partial charge in [0.1, 0.15) is 4.90 Å². The van der Waals surface area contributed by atoms with Crippen LogP contribution in [0.4, 0.5) is 0 Å². The van der Waals surface area contributed by atoms with E-state index in [1.807, 2.05) is 0 Å². The van der Waals surface area contributed by atoms with Crippen molar-refractivity contribution in [1.82, 2.24) is 0 Å². The maximum Gasteiger partial charge on any atom is 1.00 e. The molecule has 0 saturated heterocycles. The minimum Gasteiger partial charge on any atom is -1.00 e. The van der Waals surface area contributed by atoms with E-state index in [2.05, 4.69) is 4.18 Å². The van der Waals surface area contributed by atoms with Gasteiger partial charge in [0, 0.05) is 6.92 Å². The van der Waals surface area contributed by atoms with E-state index in [0.29, 0.717) is 0 Å². The maximum absolute atomic E-state index is 11.2. The second kappa shape index (κ2) is 5.50. The molecule has 0 radical (unpaired) electrons. The summed E-state index contributed by atoms with van der Waals surface area (Å²) < 4.78 is 26.6. The molecule has 0 atom stereocenters. The van der Waals surface area contributed by atoms with Crippen molar-refractivity contribution in [3.8, 4) is 0 Å². The molecule has 72 valence electrons. The first-order valence-electron chi connectivity index (χ1n) is 3.52. The van der Waals surface area contributed by atoms with Crippen LogP contribution in [0, 0.1) is 0 Å². The predicted molar refractivity (Wildman–Crippen MR) is 46.5 cm³/mol. The third kappa shape index (κ3) is 3.79. The molecule has 0 aliphatic heterocycles. The average molecular weight is 224 g/mol. The Morgan fingerprint density at radius 1 is 1.29 bits per heavy atom. The zero-order valence-electron chi connectivity index (χ0n) is 8.93. The molecule has 0 amide bonds. The van der Waals surface area contributed by atoms with Crippen LogP contribution in [0.3, 0.4) is 0 Å². The predicted octanol–water partition coefficient (Wildman–Crippen LogP) is -1.95. The quantitative estimate of drug-likeness (QED) is 0.433. The van der Waals surface area contributed by atoms with Crippen molar-refractivity contribution in [2.24, 2.45) is 0 Å². The number of carbonyl (C=O) groups excluding carboxylic acids is 1. The standard InChI is InChI=1S/C8H8O4S.Na.H/c1-7(9)12-13(10,11)8-5-3-2-4-6-8;;/h2-6H,1H3;;/q;+1;-1. The number of benzene rings is 1. The fourth-order valence-corrected chi connectivity index (χ4v) is 1.69. The monoisotopic (exact) mass is 224 g/mol. The summed E-state index contributed by atoms with van der Waals surface area (Å²) in [6.07, 6.45) is 0. The summed E-state index contributed by atoms with van der Waals surface area (Å²) in [5.41, 5.74) is 0. The van der Waals surface area contributed by atoms with Crippen LogP contribution in [0.25, 0.3) is 0 Å². The Kier molecular flexibility index (Phi) is 5.36. The van der Waals surface area contributed by atoms with Crippen molar-refractivity contribution >= 4 is 16.1 Å². The zero-order valence-corrected chi connectivity index (χ0v) is 10.7. The van der Waals surface area contributed by atoms with Crippen LogP contribution >= 0.6 is 0 Å². The van der Waals surface area contributed by atoms with Crippen molar-refractivity contribution in [3.05, 3.63) is 30.3 Å². The molecule has 14 heavy (non-hydrogen) atoms. The Hall–Kier alpha value is -0.360. The van der Waals surface area contributed by atoms with Gasteiger partial charge in [0.05, 0.1) is 0 Å². The zero-order chi connectivity index (χ0) is 9.90. The summed E-state index contributed by atoms with van der Waals surface area (Å²) in [6.45, 7) is 1.04. The minimum absolute atomic E-state index is 0. The summed E-state index contributed by atoms with van der Waals surface area (Å²) in [7, 11) is -3.91. The molecule has 1 rings (SSSR count). The molecule has 0 bridgehead atoms. The van der Waals surface area contributed by atoms with Crippen LogP contribution in [-0.4, -0.2) is 14.4 Å². The first kappa shape index (κ1) is 13.6. The van der Waals surface area contributed by atoms with E-state index < -0.39 is 16.1 Å². The summed E-state index contributed by atoms with van der Waals surface area (Å²) in [5.74, 6) is -0.844. The van der Waals surface area contributed by atoms with Crippen molar-refractivity contribution in [3.63, 3.8) is 0 Å². The second-order valence-corrected chi connectivity index (χ2v) is 3.89. The smallest absolute Gasteiger partial charge is 1.00 e. The van der Waals surface area contributed by atoms with E-state index in [0.717, 1.165) is 6.92 Å². The van der Waals surface area contributed by atoms with E-state index in [1.54, 1.807) is 18.2 Å². The van der Waals surface area contributed by atoms with Gasteiger partial charge >= 0.3 is 45.6 Å². The van der Waals surface area contributed by atoms with Gasteiger partial charge in [0.2, 0.25) is 0 Å². The summed E-state index contributed by atoms with van der Waals surface area (Å²) in [4.78, 5) is 10.4. The maximum atomic E-state index is 11.2. The van der Waals surface area contributed by atoms with Gasteiger partial charge in [-0.1, -0.05) is 18.2 Å². The fourth-order valence-electron chi connectivity index (χ4n) is 0.790. The molecular formula is C8H9NaO4S. The Bertz CT molecular complexity index is 404. The molecule has 6 heteroatoms. The molecule has 0 spiro atoms. The molecule has 0 N–H and O–H groups in total. The van der Waals surface area contributed by atoms with Gasteiger partial charge in [-0.05, 0) is 12.1 Å². The number of hydrogen-bond donors (Lipinski definition) is 0. The van der Waals surface area contributed by atoms with Crippen LogP contribution in [0.2, 0.25) is 0 Å². The number of hydrogen-bond acceptors (Lipinski definition) is 4. The van der Waals surface area contributed by atoms with Gasteiger partial charge in [-0.2, -0.15) is 8.42 Å². The van der Waals surface area contributed by atoms with Crippen LogP contribution in [-0.2, 0) is 19.1 Å². The van der Waals surface area contributed by atoms with Gasteiger partial charge in [-0.15, -0.1) is 0 Å². The second-order valence-electron chi connectivity index (χ2n) is 2.34. The van der Waals surface area contributed by atoms with Gasteiger partial charge in [-0.25, -0.2) is 0 Å². The molecule has 0 aliphatic rings. The molecule has 0 unspecified atom stereocenters. The molecule has 1 aromatic rings. The van der Waals surface area contributed by atoms with Gasteiger partial charge in [-0.3, -0.25) is 4.79 Å². The van der Waals surface area contributed by atoms with Crippen LogP contribution in [0.1, 0.15) is 8.35 Å². The third-order valence-electron chi connectivity index (χ3n) is 1.26. The fraction of sp³-hybridized carbons (Fsp3) is 0.125. The summed E-state index contributed by atoms with van der Waals surface area (Å²) in [6, 6.07) is 7.50. The normalized spacial score (nSPS) is 10.1. The third-order valence-corrected chi connectivity index (χ3v) is 2.56. The summed E-state index contributed by atoms with van der Waals surface area (Å²) in [5, 5.41) is 0. The molecule has 0 heterocycles. The van der Waals surface area contributed by atoms with E-state index in [9.17, 15) is 13.2 Å². The van der Waals surface area contributed by atoms with Crippen molar-refractivity contribution < 1.29 is 48.4 Å². The van der Waals surface area contributed by atoms with E-state index in [4.69, 9.17) is 0 Å². The molecule has 0 aliphatic carbocycles. The first-order valence-corrected chi connectivity index (χ1v) is 4.93. The first-order chi connectivity index (χ1) is 6.02. The molecular weight excluding hydrogens is 215 g/mol. The number of carbonyl (C=O) groups is 1. The van der Waals surface area contributed by atoms with Gasteiger partial charge < -0.3 is 5.61 Å². The van der Waals surface area contributed by atoms with Crippen molar-refractivity contribution in [2.45, 2.75) is 11.8 Å². The van der Waals surface area contributed by atoms with Gasteiger partial charge in [0.25, 0.3) is 0 Å². The van der Waals surface area contributed by atoms with E-state index in [1.165, 1.54) is 12.1 Å². The van der Waals surface area contributed by atoms with Crippen molar-refractivity contribution in [1.29, 1.82) is 0 Å². The Morgan fingerprint density at radius 2 is 1.79 bits per heavy atom. The van der Waals surface area contributed by atoms with Crippen LogP contribution < -0.4 is 29.6 Å². The molecule has 0 saturated carbocycles. The number of rotatable bonds is 2. The topological polar surface area (TPSA) is 60.4 Å². The van der Waals surface area contributed by atoms with Gasteiger partial charge in [0.15, 0.2) is 0 Å². The Morgan fingerprint density at radius 3 is 2.21 bits per heavy atom. The van der Waals surface area contributed by atoms with Crippen LogP contribution in [0.5, 0.6) is 0 Å². The Balaban J connectivity index is 0. The van der Waals surface area contributed by atoms with Crippen LogP contribution in [0.15, 0.2) is 35.2 Å². The molecule has 1 aromatic carbocycles. The molecule has 4 nitrogen and oxygen atoms in total. The SMILES string of the molecule is CC(=O)OS(=O)(=O)c1ccccc1.[H-].[Na+]. The molecule has 0 aromatic heterocycles. The van der Waals surface area contributed by atoms with E-state index in [-0.39, 0.29) is 35.9 Å². The minimum atomic E-state index is -3.91. The Labute approximate surface area is 106 Å². The van der Waals surface area contributed by atoms with Crippen molar-refractivity contribution in [2.75, 3.05) is 0 Å². The molecule has 0 fully saturated rings. The summed E-state index contributed by atoms with van der Waals surface area (Å²) >= 11 is 0.